The van der Waals surface area contributed by atoms with E-state index in [1.54, 1.807) is 0 Å². The standard InChI is InChI=1S/C15H17N3/c1-12-5-4-8-15(17-12)18-10-9-16-11-13-6-2-3-7-14(13)18/h2-8,16H,9-11H2,1H3. The molecule has 3 rings (SSSR count). The second-order valence-corrected chi connectivity index (χ2v) is 4.59. The van der Waals surface area contributed by atoms with Crippen molar-refractivity contribution in [3.05, 3.63) is 53.7 Å². The minimum atomic E-state index is 0.929. The van der Waals surface area contributed by atoms with Crippen molar-refractivity contribution in [2.45, 2.75) is 13.5 Å². The zero-order chi connectivity index (χ0) is 12.4. The normalized spacial score (nSPS) is 15.1. The number of aromatic nitrogens is 1. The molecule has 1 N–H and O–H groups in total. The number of para-hydroxylation sites is 1. The van der Waals surface area contributed by atoms with Crippen LogP contribution >= 0.6 is 0 Å². The van der Waals surface area contributed by atoms with Gasteiger partial charge in [-0.2, -0.15) is 0 Å². The van der Waals surface area contributed by atoms with E-state index in [-0.39, 0.29) is 0 Å². The molecule has 0 unspecified atom stereocenters. The van der Waals surface area contributed by atoms with E-state index in [0.717, 1.165) is 31.1 Å². The summed E-state index contributed by atoms with van der Waals surface area (Å²) in [6, 6.07) is 14.7. The number of aryl methyl sites for hydroxylation is 1. The molecule has 3 heteroatoms. The number of fused-ring (bicyclic) bond motifs is 1. The highest BCUT2D eigenvalue weighted by molar-refractivity contribution is 5.64. The van der Waals surface area contributed by atoms with E-state index in [9.17, 15) is 0 Å². The Bertz CT molecular complexity index is 551. The minimum Gasteiger partial charge on any atom is -0.325 e. The van der Waals surface area contributed by atoms with Crippen LogP contribution in [0, 0.1) is 6.92 Å². The van der Waals surface area contributed by atoms with Crippen LogP contribution in [-0.4, -0.2) is 18.1 Å². The number of benzene rings is 1. The van der Waals surface area contributed by atoms with Crippen molar-refractivity contribution in [3.63, 3.8) is 0 Å². The maximum atomic E-state index is 4.64. The molecule has 0 amide bonds. The van der Waals surface area contributed by atoms with Gasteiger partial charge in [-0.15, -0.1) is 0 Å². The first-order valence-electron chi connectivity index (χ1n) is 6.34. The molecular weight excluding hydrogens is 222 g/mol. The summed E-state index contributed by atoms with van der Waals surface area (Å²) in [5, 5.41) is 3.45. The van der Waals surface area contributed by atoms with Crippen LogP contribution in [0.5, 0.6) is 0 Å². The van der Waals surface area contributed by atoms with Crippen LogP contribution in [0.3, 0.4) is 0 Å². The maximum absolute atomic E-state index is 4.64. The Kier molecular flexibility index (Phi) is 2.99. The number of pyridine rings is 1. The molecule has 0 atom stereocenters. The maximum Gasteiger partial charge on any atom is 0.133 e. The SMILES string of the molecule is Cc1cccc(N2CCNCc3ccccc32)n1. The Morgan fingerprint density at radius 3 is 2.89 bits per heavy atom. The van der Waals surface area contributed by atoms with Crippen LogP contribution in [0.15, 0.2) is 42.5 Å². The van der Waals surface area contributed by atoms with Crippen LogP contribution in [0.2, 0.25) is 0 Å². The third kappa shape index (κ3) is 2.09. The number of nitrogens with one attached hydrogen (secondary N) is 1. The summed E-state index contributed by atoms with van der Waals surface area (Å²) >= 11 is 0. The summed E-state index contributed by atoms with van der Waals surface area (Å²) in [6.45, 7) is 4.89. The molecule has 3 nitrogen and oxygen atoms in total. The minimum absolute atomic E-state index is 0.929. The molecule has 0 aliphatic carbocycles. The average molecular weight is 239 g/mol. The van der Waals surface area contributed by atoms with Gasteiger partial charge in [0.05, 0.1) is 0 Å². The van der Waals surface area contributed by atoms with Gasteiger partial charge in [-0.05, 0) is 30.7 Å². The molecule has 18 heavy (non-hydrogen) atoms. The highest BCUT2D eigenvalue weighted by Crippen LogP contribution is 2.28. The predicted molar refractivity (Wildman–Crippen MR) is 74.1 cm³/mol. The zero-order valence-electron chi connectivity index (χ0n) is 10.6. The van der Waals surface area contributed by atoms with Crippen molar-refractivity contribution < 1.29 is 0 Å². The highest BCUT2D eigenvalue weighted by Gasteiger charge is 2.16. The molecule has 92 valence electrons. The molecular formula is C15H17N3. The topological polar surface area (TPSA) is 28.2 Å². The highest BCUT2D eigenvalue weighted by atomic mass is 15.2. The summed E-state index contributed by atoms with van der Waals surface area (Å²) in [5.74, 6) is 1.03. The largest absolute Gasteiger partial charge is 0.325 e. The van der Waals surface area contributed by atoms with E-state index >= 15 is 0 Å². The van der Waals surface area contributed by atoms with Gasteiger partial charge in [0.15, 0.2) is 0 Å². The lowest BCUT2D eigenvalue weighted by molar-refractivity contribution is 0.711. The fourth-order valence-corrected chi connectivity index (χ4v) is 2.37. The number of hydrogen-bond donors (Lipinski definition) is 1. The summed E-state index contributed by atoms with van der Waals surface area (Å²) in [5.41, 5.74) is 3.65. The molecule has 0 spiro atoms. The summed E-state index contributed by atoms with van der Waals surface area (Å²) in [6.07, 6.45) is 0. The van der Waals surface area contributed by atoms with Gasteiger partial charge in [0.2, 0.25) is 0 Å². The van der Waals surface area contributed by atoms with Crippen molar-refractivity contribution in [1.82, 2.24) is 10.3 Å². The first-order chi connectivity index (χ1) is 8.84. The Morgan fingerprint density at radius 1 is 1.11 bits per heavy atom. The molecule has 1 aliphatic rings. The number of hydrogen-bond acceptors (Lipinski definition) is 3. The molecule has 0 saturated carbocycles. The third-order valence-electron chi connectivity index (χ3n) is 3.26. The van der Waals surface area contributed by atoms with E-state index in [1.807, 2.05) is 13.0 Å². The predicted octanol–water partition coefficient (Wildman–Crippen LogP) is 2.63. The van der Waals surface area contributed by atoms with Gasteiger partial charge in [-0.1, -0.05) is 24.3 Å². The van der Waals surface area contributed by atoms with E-state index in [0.29, 0.717) is 0 Å². The second-order valence-electron chi connectivity index (χ2n) is 4.59. The lowest BCUT2D eigenvalue weighted by Gasteiger charge is -2.23. The number of nitrogens with zero attached hydrogens (tertiary/aromatic N) is 2. The second kappa shape index (κ2) is 4.78. The van der Waals surface area contributed by atoms with E-state index < -0.39 is 0 Å². The Hall–Kier alpha value is -1.87. The zero-order valence-corrected chi connectivity index (χ0v) is 10.6. The molecule has 0 radical (unpaired) electrons. The lowest BCUT2D eigenvalue weighted by Crippen LogP contribution is -2.25. The van der Waals surface area contributed by atoms with E-state index in [1.165, 1.54) is 11.3 Å². The van der Waals surface area contributed by atoms with Gasteiger partial charge in [-0.3, -0.25) is 0 Å². The Morgan fingerprint density at radius 2 is 2.00 bits per heavy atom. The molecule has 0 saturated heterocycles. The van der Waals surface area contributed by atoms with Crippen LogP contribution in [0.1, 0.15) is 11.3 Å². The summed E-state index contributed by atoms with van der Waals surface area (Å²) in [7, 11) is 0. The van der Waals surface area contributed by atoms with Crippen LogP contribution in [-0.2, 0) is 6.54 Å². The van der Waals surface area contributed by atoms with Crippen LogP contribution in [0.4, 0.5) is 11.5 Å². The number of rotatable bonds is 1. The Labute approximate surface area is 107 Å². The quantitative estimate of drug-likeness (QED) is 0.829. The molecule has 1 aromatic carbocycles. The van der Waals surface area contributed by atoms with Crippen molar-refractivity contribution >= 4 is 11.5 Å². The van der Waals surface area contributed by atoms with Gasteiger partial charge < -0.3 is 10.2 Å². The molecule has 1 aliphatic heterocycles. The van der Waals surface area contributed by atoms with Gasteiger partial charge in [0.25, 0.3) is 0 Å². The van der Waals surface area contributed by atoms with E-state index in [2.05, 4.69) is 51.6 Å². The van der Waals surface area contributed by atoms with Crippen molar-refractivity contribution in [1.29, 1.82) is 0 Å². The van der Waals surface area contributed by atoms with Gasteiger partial charge >= 0.3 is 0 Å². The van der Waals surface area contributed by atoms with Crippen molar-refractivity contribution in [3.8, 4) is 0 Å². The molecule has 0 bridgehead atoms. The lowest BCUT2D eigenvalue weighted by atomic mass is 10.1. The van der Waals surface area contributed by atoms with Crippen molar-refractivity contribution in [2.75, 3.05) is 18.0 Å². The smallest absolute Gasteiger partial charge is 0.133 e. The van der Waals surface area contributed by atoms with Gasteiger partial charge in [0, 0.05) is 31.0 Å². The fraction of sp³-hybridized carbons (Fsp3) is 0.267. The van der Waals surface area contributed by atoms with Crippen LogP contribution < -0.4 is 10.2 Å². The fourth-order valence-electron chi connectivity index (χ4n) is 2.37. The summed E-state index contributed by atoms with van der Waals surface area (Å²) in [4.78, 5) is 6.93. The molecule has 2 heterocycles. The average Bonchev–Trinajstić information content (AvgIpc) is 2.61. The molecule has 0 fully saturated rings. The van der Waals surface area contributed by atoms with E-state index in [4.69, 9.17) is 0 Å². The monoisotopic (exact) mass is 239 g/mol. The molecule has 2 aromatic rings. The first-order valence-corrected chi connectivity index (χ1v) is 6.34. The first kappa shape index (κ1) is 11.2. The molecule has 1 aromatic heterocycles. The van der Waals surface area contributed by atoms with Crippen LogP contribution in [0.25, 0.3) is 0 Å². The van der Waals surface area contributed by atoms with Gasteiger partial charge in [0.1, 0.15) is 5.82 Å². The summed E-state index contributed by atoms with van der Waals surface area (Å²) < 4.78 is 0. The number of anilines is 2. The van der Waals surface area contributed by atoms with Crippen molar-refractivity contribution in [2.24, 2.45) is 0 Å². The Balaban J connectivity index is 2.06. The third-order valence-corrected chi connectivity index (χ3v) is 3.26. The van der Waals surface area contributed by atoms with Gasteiger partial charge in [-0.25, -0.2) is 4.98 Å².